The normalized spacial score (nSPS) is 10.2. The lowest BCUT2D eigenvalue weighted by molar-refractivity contribution is 1.50. The van der Waals surface area contributed by atoms with Crippen LogP contribution in [-0.4, -0.2) is 0 Å². The summed E-state index contributed by atoms with van der Waals surface area (Å²) >= 11 is 0. The molecule has 0 aromatic heterocycles. The smallest absolute Gasteiger partial charge is 0.00199 e. The highest BCUT2D eigenvalue weighted by atomic mass is 14.2. The van der Waals surface area contributed by atoms with Crippen LogP contribution in [0.5, 0.6) is 0 Å². The number of hydrogen-bond donors (Lipinski definition) is 0. The van der Waals surface area contributed by atoms with Crippen LogP contribution in [0.4, 0.5) is 0 Å². The van der Waals surface area contributed by atoms with E-state index in [0.717, 1.165) is 0 Å². The van der Waals surface area contributed by atoms with E-state index >= 15 is 0 Å². The Labute approximate surface area is 276 Å². The summed E-state index contributed by atoms with van der Waals surface area (Å²) in [4.78, 5) is 0. The maximum Gasteiger partial charge on any atom is -0.00199 e. The summed E-state index contributed by atoms with van der Waals surface area (Å²) in [5, 5.41) is 12.9. The predicted octanol–water partition coefficient (Wildman–Crippen LogP) is 14.9. The topological polar surface area (TPSA) is 0 Å². The Morgan fingerprint density at radius 1 is 0.283 bits per heavy atom. The third-order valence-corrected chi connectivity index (χ3v) is 8.01. The Bertz CT molecular complexity index is 2110. The van der Waals surface area contributed by atoms with Gasteiger partial charge in [0.2, 0.25) is 0 Å². The Balaban J connectivity index is 0.000000560. The van der Waals surface area contributed by atoms with Crippen molar-refractivity contribution in [2.24, 2.45) is 0 Å². The van der Waals surface area contributed by atoms with Crippen LogP contribution >= 0.6 is 0 Å². The molecule has 0 aliphatic carbocycles. The first kappa shape index (κ1) is 33.9. The first-order chi connectivity index (χ1) is 22.9. The van der Waals surface area contributed by atoms with Crippen LogP contribution < -0.4 is 0 Å². The van der Waals surface area contributed by atoms with Crippen molar-refractivity contribution < 1.29 is 0 Å². The molecule has 0 aliphatic rings. The van der Waals surface area contributed by atoms with Gasteiger partial charge < -0.3 is 0 Å². The van der Waals surface area contributed by atoms with Crippen LogP contribution in [0.1, 0.15) is 55.4 Å². The number of rotatable bonds is 2. The van der Waals surface area contributed by atoms with Gasteiger partial charge in [0.05, 0.1) is 0 Å². The highest BCUT2D eigenvalue weighted by molar-refractivity contribution is 6.28. The van der Waals surface area contributed by atoms with Gasteiger partial charge in [-0.25, -0.2) is 0 Å². The van der Waals surface area contributed by atoms with Gasteiger partial charge in [-0.2, -0.15) is 0 Å². The van der Waals surface area contributed by atoms with Crippen molar-refractivity contribution in [3.8, 4) is 22.3 Å². The van der Waals surface area contributed by atoms with Crippen molar-refractivity contribution in [2.45, 2.75) is 55.4 Å². The minimum absolute atomic E-state index is 1.25. The molecular formula is C46H48. The van der Waals surface area contributed by atoms with Gasteiger partial charge in [0, 0.05) is 0 Å². The zero-order valence-electron chi connectivity index (χ0n) is 28.9. The highest BCUT2D eigenvalue weighted by Crippen LogP contribution is 2.47. The zero-order chi connectivity index (χ0) is 33.1. The van der Waals surface area contributed by atoms with Gasteiger partial charge in [-0.3, -0.25) is 0 Å². The predicted molar refractivity (Wildman–Crippen MR) is 210 cm³/mol. The summed E-state index contributed by atoms with van der Waals surface area (Å²) in [6.45, 7) is 16.0. The molecule has 0 N–H and O–H groups in total. The highest BCUT2D eigenvalue weighted by Gasteiger charge is 2.19. The molecule has 0 fully saturated rings. The van der Waals surface area contributed by atoms with E-state index in [0.29, 0.717) is 0 Å². The van der Waals surface area contributed by atoms with Crippen LogP contribution in [-0.2, 0) is 0 Å². The molecule has 8 aromatic carbocycles. The molecule has 0 atom stereocenters. The molecule has 0 spiro atoms. The average Bonchev–Trinajstić information content (AvgIpc) is 3.17. The molecule has 0 amide bonds. The second-order valence-electron chi connectivity index (χ2n) is 10.1. The van der Waals surface area contributed by atoms with Crippen LogP contribution in [0.2, 0.25) is 0 Å². The van der Waals surface area contributed by atoms with E-state index in [4.69, 9.17) is 0 Å². The van der Waals surface area contributed by atoms with E-state index in [1.165, 1.54) is 76.1 Å². The summed E-state index contributed by atoms with van der Waals surface area (Å²) in [5.74, 6) is 0. The first-order valence-electron chi connectivity index (χ1n) is 17.2. The van der Waals surface area contributed by atoms with E-state index in [2.05, 4.69) is 146 Å². The van der Waals surface area contributed by atoms with Crippen LogP contribution in [0.3, 0.4) is 0 Å². The van der Waals surface area contributed by atoms with Crippen molar-refractivity contribution in [3.05, 3.63) is 146 Å². The van der Waals surface area contributed by atoms with Crippen molar-refractivity contribution in [1.29, 1.82) is 0 Å². The molecule has 0 unspecified atom stereocenters. The maximum atomic E-state index is 2.42. The SMILES string of the molecule is CC.CC.CC.CC.c1ccc(-c2c3ccccc3c(-c3cc4ccc5ccccc5c4c4ccccc34)c3ccccc23)cc1. The Morgan fingerprint density at radius 2 is 0.674 bits per heavy atom. The van der Waals surface area contributed by atoms with Gasteiger partial charge in [-0.1, -0.05) is 195 Å². The van der Waals surface area contributed by atoms with Gasteiger partial charge in [0.25, 0.3) is 0 Å². The number of hydrogen-bond acceptors (Lipinski definition) is 0. The van der Waals surface area contributed by atoms with Crippen molar-refractivity contribution in [2.75, 3.05) is 0 Å². The summed E-state index contributed by atoms with van der Waals surface area (Å²) in [6, 6.07) is 53.2. The molecule has 0 aliphatic heterocycles. The fourth-order valence-electron chi connectivity index (χ4n) is 6.42. The van der Waals surface area contributed by atoms with Crippen LogP contribution in [0.15, 0.2) is 146 Å². The summed E-state index contributed by atoms with van der Waals surface area (Å²) in [5.41, 5.74) is 5.15. The molecule has 0 nitrogen and oxygen atoms in total. The lowest BCUT2D eigenvalue weighted by Gasteiger charge is -2.20. The largest absolute Gasteiger partial charge is 0.0683 e. The quantitative estimate of drug-likeness (QED) is 0.137. The number of fused-ring (bicyclic) bond motifs is 7. The lowest BCUT2D eigenvalue weighted by atomic mass is 9.83. The van der Waals surface area contributed by atoms with Crippen molar-refractivity contribution in [3.63, 3.8) is 0 Å². The van der Waals surface area contributed by atoms with Gasteiger partial charge in [-0.15, -0.1) is 0 Å². The lowest BCUT2D eigenvalue weighted by Crippen LogP contribution is -1.92. The summed E-state index contributed by atoms with van der Waals surface area (Å²) in [6.07, 6.45) is 0. The number of benzene rings is 8. The van der Waals surface area contributed by atoms with Gasteiger partial charge in [-0.05, 0) is 82.2 Å². The van der Waals surface area contributed by atoms with E-state index in [1.54, 1.807) is 0 Å². The molecule has 0 saturated carbocycles. The van der Waals surface area contributed by atoms with Crippen LogP contribution in [0.25, 0.3) is 76.1 Å². The summed E-state index contributed by atoms with van der Waals surface area (Å²) in [7, 11) is 0. The second-order valence-corrected chi connectivity index (χ2v) is 10.1. The third kappa shape index (κ3) is 6.13. The second kappa shape index (κ2) is 16.4. The standard InChI is InChI=1S/C38H24.4C2H6/c1-2-13-26(14-3-1)36-31-18-8-10-20-33(31)38(34-21-11-9-19-32(34)36)35-24-27-23-22-25-12-4-5-15-28(25)37(27)30-17-7-6-16-29(30)35;4*1-2/h1-24H;4*1-2H3. The molecule has 0 bridgehead atoms. The Hall–Kier alpha value is -4.94. The van der Waals surface area contributed by atoms with Gasteiger partial charge in [0.1, 0.15) is 0 Å². The zero-order valence-corrected chi connectivity index (χ0v) is 28.9. The minimum Gasteiger partial charge on any atom is -0.0683 e. The summed E-state index contributed by atoms with van der Waals surface area (Å²) < 4.78 is 0. The third-order valence-electron chi connectivity index (χ3n) is 8.01. The molecule has 0 heterocycles. The molecule has 8 aromatic rings. The van der Waals surface area contributed by atoms with E-state index in [1.807, 2.05) is 55.4 Å². The Morgan fingerprint density at radius 3 is 1.22 bits per heavy atom. The minimum atomic E-state index is 1.25. The molecule has 46 heavy (non-hydrogen) atoms. The monoisotopic (exact) mass is 600 g/mol. The van der Waals surface area contributed by atoms with Crippen molar-refractivity contribution >= 4 is 53.9 Å². The average molecular weight is 601 g/mol. The molecule has 0 saturated heterocycles. The first-order valence-corrected chi connectivity index (χ1v) is 17.2. The van der Waals surface area contributed by atoms with Crippen molar-refractivity contribution in [1.82, 2.24) is 0 Å². The van der Waals surface area contributed by atoms with Gasteiger partial charge >= 0.3 is 0 Å². The van der Waals surface area contributed by atoms with Crippen LogP contribution in [0, 0.1) is 0 Å². The molecule has 8 rings (SSSR count). The molecule has 232 valence electrons. The molecule has 0 radical (unpaired) electrons. The van der Waals surface area contributed by atoms with Gasteiger partial charge in [0.15, 0.2) is 0 Å². The maximum absolute atomic E-state index is 2.42. The molecular weight excluding hydrogens is 553 g/mol. The fourth-order valence-corrected chi connectivity index (χ4v) is 6.42. The van der Waals surface area contributed by atoms with E-state index in [-0.39, 0.29) is 0 Å². The molecule has 0 heteroatoms. The van der Waals surface area contributed by atoms with E-state index in [9.17, 15) is 0 Å². The van der Waals surface area contributed by atoms with E-state index < -0.39 is 0 Å². The fraction of sp³-hybridized carbons (Fsp3) is 0.174. The Kier molecular flexibility index (Phi) is 12.1.